The highest BCUT2D eigenvalue weighted by Crippen LogP contribution is 2.37. The molecule has 6 heterocycles. The van der Waals surface area contributed by atoms with Gasteiger partial charge in [-0.2, -0.15) is 14.7 Å². The number of nitrogens with one attached hydrogen (secondary N) is 1. The molecule has 0 bridgehead atoms. The summed E-state index contributed by atoms with van der Waals surface area (Å²) in [5.74, 6) is 1.99. The van der Waals surface area contributed by atoms with E-state index in [9.17, 15) is 13.7 Å². The Balaban J connectivity index is 1.51. The van der Waals surface area contributed by atoms with Gasteiger partial charge >= 0.3 is 0 Å². The van der Waals surface area contributed by atoms with Gasteiger partial charge < -0.3 is 9.40 Å². The van der Waals surface area contributed by atoms with E-state index < -0.39 is 15.6 Å². The predicted molar refractivity (Wildman–Crippen MR) is 128 cm³/mol. The fourth-order valence-corrected chi connectivity index (χ4v) is 5.94. The molecule has 1 saturated heterocycles. The number of aromatic nitrogens is 6. The first-order valence-corrected chi connectivity index (χ1v) is 12.8. The number of nitrogens with zero attached hydrogens (tertiary/aromatic N) is 7. The fraction of sp³-hybridized carbons (Fsp3) is 0.304. The monoisotopic (exact) mass is 490 g/mol. The van der Waals surface area contributed by atoms with E-state index in [1.807, 2.05) is 42.1 Å². The van der Waals surface area contributed by atoms with Crippen LogP contribution in [0.15, 0.2) is 47.4 Å². The average Bonchev–Trinajstić information content (AvgIpc) is 3.59. The molecule has 6 rings (SSSR count). The van der Waals surface area contributed by atoms with Crippen molar-refractivity contribution >= 4 is 32.1 Å². The molecule has 0 amide bonds. The predicted octanol–water partition coefficient (Wildman–Crippen LogP) is 2.94. The summed E-state index contributed by atoms with van der Waals surface area (Å²) in [6.45, 7) is 3.90. The Morgan fingerprint density at radius 2 is 2.09 bits per heavy atom. The molecule has 0 saturated carbocycles. The number of nitriles is 1. The van der Waals surface area contributed by atoms with E-state index in [0.29, 0.717) is 17.1 Å². The molecule has 5 aromatic heterocycles. The Labute approximate surface area is 200 Å². The van der Waals surface area contributed by atoms with Gasteiger partial charge in [-0.25, -0.2) is 18.4 Å². The van der Waals surface area contributed by atoms with Crippen molar-refractivity contribution in [3.05, 3.63) is 48.7 Å². The van der Waals surface area contributed by atoms with Crippen LogP contribution in [0.3, 0.4) is 0 Å². The summed E-state index contributed by atoms with van der Waals surface area (Å²) in [6, 6.07) is 7.90. The first-order valence-electron chi connectivity index (χ1n) is 11.2. The van der Waals surface area contributed by atoms with Crippen LogP contribution in [0.4, 0.5) is 0 Å². The van der Waals surface area contributed by atoms with Crippen LogP contribution in [0, 0.1) is 18.3 Å². The van der Waals surface area contributed by atoms with Crippen molar-refractivity contribution in [3.8, 4) is 23.3 Å². The largest absolute Gasteiger partial charge is 0.458 e. The number of pyridine rings is 1. The fourth-order valence-electron chi connectivity index (χ4n) is 4.70. The Bertz CT molecular complexity index is 1730. The average molecular weight is 491 g/mol. The number of aryl methyl sites for hydroxylation is 1. The number of imidazole rings is 1. The molecule has 0 aliphatic carbocycles. The molecule has 1 fully saturated rings. The molecule has 11 nitrogen and oxygen atoms in total. The van der Waals surface area contributed by atoms with Gasteiger partial charge in [-0.15, -0.1) is 0 Å². The zero-order chi connectivity index (χ0) is 24.4. The van der Waals surface area contributed by atoms with Crippen molar-refractivity contribution < 1.29 is 12.8 Å². The van der Waals surface area contributed by atoms with E-state index in [4.69, 9.17) is 9.40 Å². The zero-order valence-corrected chi connectivity index (χ0v) is 19.9. The van der Waals surface area contributed by atoms with Crippen LogP contribution in [0.25, 0.3) is 39.3 Å². The Kier molecular flexibility index (Phi) is 4.64. The Morgan fingerprint density at radius 1 is 1.26 bits per heavy atom. The maximum atomic E-state index is 12.3. The molecule has 0 spiro atoms. The van der Waals surface area contributed by atoms with Crippen LogP contribution in [-0.4, -0.2) is 60.9 Å². The minimum atomic E-state index is -3.34. The van der Waals surface area contributed by atoms with Crippen molar-refractivity contribution in [1.82, 2.24) is 33.6 Å². The molecular formula is C23H22N8O3S. The van der Waals surface area contributed by atoms with Crippen molar-refractivity contribution in [2.24, 2.45) is 0 Å². The summed E-state index contributed by atoms with van der Waals surface area (Å²) < 4.78 is 35.7. The number of hydrogen-bond donors (Lipinski definition) is 1. The highest BCUT2D eigenvalue weighted by molar-refractivity contribution is 7.89. The SMILES string of the molecule is CCS(=O)(=O)N1CC(CC#N)(n2cc(-n3c(-c4ccc(C)o4)nc4cnc5[nH]ccc5c43)cn2)C1. The molecule has 0 atom stereocenters. The van der Waals surface area contributed by atoms with Gasteiger partial charge in [0.1, 0.15) is 22.5 Å². The molecule has 0 aromatic carbocycles. The first-order chi connectivity index (χ1) is 16.8. The van der Waals surface area contributed by atoms with Gasteiger partial charge in [0, 0.05) is 30.9 Å². The minimum absolute atomic E-state index is 0.0215. The molecule has 1 aliphatic heterocycles. The summed E-state index contributed by atoms with van der Waals surface area (Å²) in [5.41, 5.74) is 2.27. The first kappa shape index (κ1) is 21.6. The number of furan rings is 1. The molecule has 1 N–H and O–H groups in total. The van der Waals surface area contributed by atoms with E-state index in [0.717, 1.165) is 28.0 Å². The third kappa shape index (κ3) is 3.19. The van der Waals surface area contributed by atoms with Crippen molar-refractivity contribution in [2.75, 3.05) is 18.8 Å². The normalized spacial score (nSPS) is 16.0. The number of sulfonamides is 1. The third-order valence-corrected chi connectivity index (χ3v) is 8.36. The number of H-pyrrole nitrogens is 1. The number of rotatable bonds is 6. The minimum Gasteiger partial charge on any atom is -0.458 e. The molecule has 0 radical (unpaired) electrons. The van der Waals surface area contributed by atoms with Gasteiger partial charge in [-0.05, 0) is 32.0 Å². The Hall–Kier alpha value is -3.95. The van der Waals surface area contributed by atoms with Crippen LogP contribution < -0.4 is 0 Å². The quantitative estimate of drug-likeness (QED) is 0.386. The highest BCUT2D eigenvalue weighted by Gasteiger charge is 2.49. The van der Waals surface area contributed by atoms with Gasteiger partial charge in [0.05, 0.1) is 41.8 Å². The lowest BCUT2D eigenvalue weighted by atomic mass is 9.89. The third-order valence-electron chi connectivity index (χ3n) is 6.58. The summed E-state index contributed by atoms with van der Waals surface area (Å²) in [7, 11) is -3.34. The van der Waals surface area contributed by atoms with E-state index in [1.165, 1.54) is 4.31 Å². The number of hydrogen-bond acceptors (Lipinski definition) is 7. The molecule has 35 heavy (non-hydrogen) atoms. The zero-order valence-electron chi connectivity index (χ0n) is 19.1. The van der Waals surface area contributed by atoms with Gasteiger partial charge in [-0.1, -0.05) is 0 Å². The van der Waals surface area contributed by atoms with Crippen molar-refractivity contribution in [2.45, 2.75) is 25.8 Å². The molecular weight excluding hydrogens is 468 g/mol. The lowest BCUT2D eigenvalue weighted by molar-refractivity contribution is 0.0718. The highest BCUT2D eigenvalue weighted by atomic mass is 32.2. The topological polar surface area (TPSA) is 139 Å². The van der Waals surface area contributed by atoms with E-state index in [1.54, 1.807) is 24.0 Å². The van der Waals surface area contributed by atoms with Gasteiger partial charge in [0.2, 0.25) is 10.0 Å². The molecule has 5 aromatic rings. The number of aromatic amines is 1. The summed E-state index contributed by atoms with van der Waals surface area (Å²) in [5, 5.41) is 15.0. The molecule has 1 aliphatic rings. The maximum Gasteiger partial charge on any atom is 0.213 e. The van der Waals surface area contributed by atoms with Crippen molar-refractivity contribution in [1.29, 1.82) is 5.26 Å². The summed E-state index contributed by atoms with van der Waals surface area (Å²) in [6.07, 6.45) is 7.23. The van der Waals surface area contributed by atoms with Crippen LogP contribution in [0.5, 0.6) is 0 Å². The summed E-state index contributed by atoms with van der Waals surface area (Å²) >= 11 is 0. The smallest absolute Gasteiger partial charge is 0.213 e. The second kappa shape index (κ2) is 7.53. The summed E-state index contributed by atoms with van der Waals surface area (Å²) in [4.78, 5) is 12.4. The van der Waals surface area contributed by atoms with Crippen LogP contribution in [0.2, 0.25) is 0 Å². The maximum absolute atomic E-state index is 12.3. The second-order valence-electron chi connectivity index (χ2n) is 8.78. The van der Waals surface area contributed by atoms with Crippen LogP contribution in [-0.2, 0) is 15.6 Å². The lowest BCUT2D eigenvalue weighted by Crippen LogP contribution is -2.64. The second-order valence-corrected chi connectivity index (χ2v) is 11.0. The Morgan fingerprint density at radius 3 is 2.80 bits per heavy atom. The van der Waals surface area contributed by atoms with Gasteiger partial charge in [0.15, 0.2) is 11.6 Å². The molecule has 0 unspecified atom stereocenters. The van der Waals surface area contributed by atoms with Crippen LogP contribution in [0.1, 0.15) is 19.1 Å². The molecule has 178 valence electrons. The van der Waals surface area contributed by atoms with Crippen molar-refractivity contribution in [3.63, 3.8) is 0 Å². The van der Waals surface area contributed by atoms with E-state index in [-0.39, 0.29) is 25.3 Å². The van der Waals surface area contributed by atoms with E-state index >= 15 is 0 Å². The van der Waals surface area contributed by atoms with E-state index in [2.05, 4.69) is 21.1 Å². The number of fused-ring (bicyclic) bond motifs is 3. The van der Waals surface area contributed by atoms with Gasteiger partial charge in [0.25, 0.3) is 0 Å². The van der Waals surface area contributed by atoms with Crippen LogP contribution >= 0.6 is 0 Å². The lowest BCUT2D eigenvalue weighted by Gasteiger charge is -2.47. The standard InChI is InChI=1S/C23H22N8O3S/c1-3-35(32,33)29-13-23(14-29,7-8-24)30-12-16(10-27-30)31-20-17-6-9-25-21(17)26-11-18(20)28-22(31)19-5-4-15(2)34-19/h4-6,9-12H,3,7,13-14H2,1-2H3,(H,25,26). The van der Waals surface area contributed by atoms with Gasteiger partial charge in [-0.3, -0.25) is 9.25 Å². The molecule has 12 heteroatoms.